The lowest BCUT2D eigenvalue weighted by molar-refractivity contribution is 0.0980. The van der Waals surface area contributed by atoms with Gasteiger partial charge in [0.2, 0.25) is 0 Å². The van der Waals surface area contributed by atoms with Crippen LogP contribution < -0.4 is 0 Å². The van der Waals surface area contributed by atoms with Crippen molar-refractivity contribution in [3.8, 4) is 0 Å². The van der Waals surface area contributed by atoms with E-state index in [4.69, 9.17) is 0 Å². The second kappa shape index (κ2) is 10.7. The SMILES string of the molecule is CCCCCCCCCCCC(=O)c1cccc2sc(Br)c(Br)c12. The van der Waals surface area contributed by atoms with Gasteiger partial charge in [0.05, 0.1) is 8.26 Å². The minimum Gasteiger partial charge on any atom is -0.294 e. The number of rotatable bonds is 11. The van der Waals surface area contributed by atoms with Crippen LogP contribution in [0.5, 0.6) is 0 Å². The Morgan fingerprint density at radius 1 is 0.958 bits per heavy atom. The van der Waals surface area contributed by atoms with E-state index >= 15 is 0 Å². The molecule has 24 heavy (non-hydrogen) atoms. The number of carbonyl (C=O) groups is 1. The van der Waals surface area contributed by atoms with E-state index in [-0.39, 0.29) is 5.78 Å². The molecule has 0 fully saturated rings. The van der Waals surface area contributed by atoms with Gasteiger partial charge in [0.25, 0.3) is 0 Å². The van der Waals surface area contributed by atoms with Crippen LogP contribution in [0.1, 0.15) is 81.5 Å². The molecule has 0 unspecified atom stereocenters. The van der Waals surface area contributed by atoms with Crippen LogP contribution in [0.25, 0.3) is 10.1 Å². The number of thiophene rings is 1. The number of benzene rings is 1. The molecule has 0 N–H and O–H groups in total. The minimum atomic E-state index is 0.273. The Kier molecular flexibility index (Phi) is 8.99. The molecule has 0 amide bonds. The molecule has 132 valence electrons. The average molecular weight is 474 g/mol. The molecule has 0 bridgehead atoms. The highest BCUT2D eigenvalue weighted by Gasteiger charge is 2.16. The summed E-state index contributed by atoms with van der Waals surface area (Å²) in [5, 5.41) is 1.07. The molecule has 1 heterocycles. The topological polar surface area (TPSA) is 17.1 Å². The highest BCUT2D eigenvalue weighted by atomic mass is 79.9. The fourth-order valence-electron chi connectivity index (χ4n) is 3.05. The minimum absolute atomic E-state index is 0.273. The Balaban J connectivity index is 1.76. The van der Waals surface area contributed by atoms with Gasteiger partial charge in [0, 0.05) is 22.1 Å². The van der Waals surface area contributed by atoms with Crippen LogP contribution >= 0.6 is 43.2 Å². The van der Waals surface area contributed by atoms with Crippen molar-refractivity contribution in [3.63, 3.8) is 0 Å². The Morgan fingerprint density at radius 3 is 2.25 bits per heavy atom. The summed E-state index contributed by atoms with van der Waals surface area (Å²) in [6, 6.07) is 6.02. The van der Waals surface area contributed by atoms with Crippen molar-refractivity contribution < 1.29 is 4.79 Å². The quantitative estimate of drug-likeness (QED) is 0.236. The summed E-state index contributed by atoms with van der Waals surface area (Å²) in [5.74, 6) is 0.273. The first-order chi connectivity index (χ1) is 11.6. The molecule has 0 spiro atoms. The Labute approximate surface area is 166 Å². The van der Waals surface area contributed by atoms with E-state index in [1.807, 2.05) is 12.1 Å². The summed E-state index contributed by atoms with van der Waals surface area (Å²) in [4.78, 5) is 12.6. The highest BCUT2D eigenvalue weighted by molar-refractivity contribution is 9.13. The van der Waals surface area contributed by atoms with Gasteiger partial charge < -0.3 is 0 Å². The van der Waals surface area contributed by atoms with Crippen LogP contribution in [-0.4, -0.2) is 5.78 Å². The summed E-state index contributed by atoms with van der Waals surface area (Å²) in [5.41, 5.74) is 0.862. The second-order valence-corrected chi connectivity index (χ2v) is 9.53. The molecule has 0 aliphatic heterocycles. The lowest BCUT2D eigenvalue weighted by Gasteiger charge is -2.04. The Morgan fingerprint density at radius 2 is 1.58 bits per heavy atom. The molecule has 0 saturated carbocycles. The summed E-state index contributed by atoms with van der Waals surface area (Å²) in [6.07, 6.45) is 12.2. The van der Waals surface area contributed by atoms with E-state index in [2.05, 4.69) is 44.8 Å². The van der Waals surface area contributed by atoms with Gasteiger partial charge in [-0.3, -0.25) is 4.79 Å². The van der Waals surface area contributed by atoms with Gasteiger partial charge >= 0.3 is 0 Å². The summed E-state index contributed by atoms with van der Waals surface area (Å²) in [7, 11) is 0. The third-order valence-corrected chi connectivity index (χ3v) is 7.84. The van der Waals surface area contributed by atoms with Gasteiger partial charge in [-0.2, -0.15) is 0 Å². The molecule has 2 rings (SSSR count). The molecule has 4 heteroatoms. The van der Waals surface area contributed by atoms with Crippen LogP contribution in [0, 0.1) is 0 Å². The van der Waals surface area contributed by atoms with Gasteiger partial charge in [0.15, 0.2) is 5.78 Å². The number of fused-ring (bicyclic) bond motifs is 1. The van der Waals surface area contributed by atoms with Gasteiger partial charge in [-0.1, -0.05) is 70.4 Å². The number of hydrogen-bond donors (Lipinski definition) is 0. The van der Waals surface area contributed by atoms with E-state index in [1.54, 1.807) is 11.3 Å². The lowest BCUT2D eigenvalue weighted by atomic mass is 10.0. The molecule has 0 radical (unpaired) electrons. The summed E-state index contributed by atoms with van der Waals surface area (Å²) >= 11 is 8.84. The molecule has 0 saturated heterocycles. The first kappa shape index (κ1) is 20.1. The summed E-state index contributed by atoms with van der Waals surface area (Å²) in [6.45, 7) is 2.25. The van der Waals surface area contributed by atoms with Crippen LogP contribution in [0.3, 0.4) is 0 Å². The molecular weight excluding hydrogens is 448 g/mol. The highest BCUT2D eigenvalue weighted by Crippen LogP contribution is 2.41. The van der Waals surface area contributed by atoms with Gasteiger partial charge in [-0.25, -0.2) is 0 Å². The van der Waals surface area contributed by atoms with Gasteiger partial charge in [-0.15, -0.1) is 11.3 Å². The smallest absolute Gasteiger partial charge is 0.163 e. The predicted octanol–water partition coefficient (Wildman–Crippen LogP) is 8.53. The fraction of sp³-hybridized carbons (Fsp3) is 0.550. The lowest BCUT2D eigenvalue weighted by Crippen LogP contribution is -1.99. The van der Waals surface area contributed by atoms with Crippen molar-refractivity contribution in [1.29, 1.82) is 0 Å². The maximum Gasteiger partial charge on any atom is 0.163 e. The Hall–Kier alpha value is -0.190. The van der Waals surface area contributed by atoms with Crippen LogP contribution in [0.15, 0.2) is 26.5 Å². The predicted molar refractivity (Wildman–Crippen MR) is 113 cm³/mol. The van der Waals surface area contributed by atoms with E-state index in [0.717, 1.165) is 30.3 Å². The molecule has 1 aromatic carbocycles. The zero-order valence-electron chi connectivity index (χ0n) is 14.4. The molecular formula is C20H26Br2OS. The van der Waals surface area contributed by atoms with Crippen molar-refractivity contribution in [2.45, 2.75) is 71.1 Å². The van der Waals surface area contributed by atoms with Crippen molar-refractivity contribution in [2.75, 3.05) is 0 Å². The number of halogens is 2. The van der Waals surface area contributed by atoms with Gasteiger partial charge in [-0.05, 0) is 44.3 Å². The number of unbranched alkanes of at least 4 members (excludes halogenated alkanes) is 8. The molecule has 0 aliphatic rings. The van der Waals surface area contributed by atoms with E-state index in [1.165, 1.54) is 51.4 Å². The third kappa shape index (κ3) is 5.67. The van der Waals surface area contributed by atoms with Crippen LogP contribution in [0.4, 0.5) is 0 Å². The van der Waals surface area contributed by atoms with Crippen molar-refractivity contribution in [2.24, 2.45) is 0 Å². The van der Waals surface area contributed by atoms with Crippen molar-refractivity contribution in [1.82, 2.24) is 0 Å². The number of ketones is 1. The maximum absolute atomic E-state index is 12.6. The maximum atomic E-state index is 12.6. The standard InChI is InChI=1S/C20H26Br2OS/c1-2-3-4-5-6-7-8-9-10-13-16(23)15-12-11-14-17-18(15)19(21)20(22)24-17/h11-12,14H,2-10,13H2,1H3. The van der Waals surface area contributed by atoms with E-state index in [0.29, 0.717) is 6.42 Å². The normalized spacial score (nSPS) is 11.3. The zero-order chi connectivity index (χ0) is 17.4. The molecule has 2 aromatic rings. The van der Waals surface area contributed by atoms with Gasteiger partial charge in [0.1, 0.15) is 0 Å². The zero-order valence-corrected chi connectivity index (χ0v) is 18.4. The van der Waals surface area contributed by atoms with Crippen LogP contribution in [-0.2, 0) is 0 Å². The van der Waals surface area contributed by atoms with Crippen molar-refractivity contribution in [3.05, 3.63) is 32.0 Å². The fourth-order valence-corrected chi connectivity index (χ4v) is 5.41. The molecule has 0 aliphatic carbocycles. The third-order valence-electron chi connectivity index (χ3n) is 4.43. The monoisotopic (exact) mass is 472 g/mol. The number of Topliss-reactive ketones (excluding diaryl/α,β-unsaturated/α-hetero) is 1. The largest absolute Gasteiger partial charge is 0.294 e. The second-order valence-electron chi connectivity index (χ2n) is 6.37. The molecule has 1 aromatic heterocycles. The first-order valence-electron chi connectivity index (χ1n) is 9.05. The van der Waals surface area contributed by atoms with Crippen molar-refractivity contribution >= 4 is 59.1 Å². The number of hydrogen-bond acceptors (Lipinski definition) is 2. The first-order valence-corrected chi connectivity index (χ1v) is 11.4. The molecule has 0 atom stereocenters. The number of carbonyl (C=O) groups excluding carboxylic acids is 1. The van der Waals surface area contributed by atoms with E-state index < -0.39 is 0 Å². The Bertz CT molecular complexity index is 663. The van der Waals surface area contributed by atoms with E-state index in [9.17, 15) is 4.79 Å². The van der Waals surface area contributed by atoms with Crippen LogP contribution in [0.2, 0.25) is 0 Å². The average Bonchev–Trinajstić information content (AvgIpc) is 2.87. The molecule has 1 nitrogen and oxygen atoms in total. The summed E-state index contributed by atoms with van der Waals surface area (Å²) < 4.78 is 3.23.